The van der Waals surface area contributed by atoms with Crippen molar-refractivity contribution in [2.24, 2.45) is 0 Å². The van der Waals surface area contributed by atoms with Crippen molar-refractivity contribution in [3.8, 4) is 0 Å². The van der Waals surface area contributed by atoms with Crippen molar-refractivity contribution in [1.82, 2.24) is 9.78 Å². The number of carbonyl (C=O) groups excluding carboxylic acids is 1. The molecule has 0 aliphatic rings. The summed E-state index contributed by atoms with van der Waals surface area (Å²) >= 11 is 7.49. The minimum absolute atomic E-state index is 0.129. The zero-order valence-electron chi connectivity index (χ0n) is 13.1. The Balaban J connectivity index is 1.56. The number of nitrogens with zero attached hydrogens (tertiary/aromatic N) is 2. The lowest BCUT2D eigenvalue weighted by Gasteiger charge is -2.09. The van der Waals surface area contributed by atoms with Crippen LogP contribution in [-0.2, 0) is 6.54 Å². The molecule has 6 heteroatoms. The number of benzene rings is 2. The molecule has 0 atom stereocenters. The van der Waals surface area contributed by atoms with Crippen molar-refractivity contribution >= 4 is 44.7 Å². The zero-order valence-corrected chi connectivity index (χ0v) is 14.7. The molecule has 0 radical (unpaired) electrons. The lowest BCUT2D eigenvalue weighted by atomic mass is 10.1. The number of hydrogen-bond donors (Lipinski definition) is 1. The van der Waals surface area contributed by atoms with Gasteiger partial charge in [-0.05, 0) is 23.8 Å². The lowest BCUT2D eigenvalue weighted by molar-refractivity contribution is 0.102. The maximum Gasteiger partial charge on any atom is 0.258 e. The summed E-state index contributed by atoms with van der Waals surface area (Å²) in [7, 11) is 0. The summed E-state index contributed by atoms with van der Waals surface area (Å²) in [6.07, 6.45) is 1.68. The fraction of sp³-hybridized carbons (Fsp3) is 0.0526. The first-order valence-electron chi connectivity index (χ1n) is 7.74. The summed E-state index contributed by atoms with van der Waals surface area (Å²) < 4.78 is 2.86. The number of rotatable bonds is 4. The maximum atomic E-state index is 12.7. The maximum absolute atomic E-state index is 12.7. The molecule has 4 aromatic rings. The number of thiophene rings is 1. The van der Waals surface area contributed by atoms with E-state index in [0.717, 1.165) is 15.6 Å². The molecule has 0 spiro atoms. The van der Waals surface area contributed by atoms with Crippen LogP contribution in [0.25, 0.3) is 10.1 Å². The van der Waals surface area contributed by atoms with E-state index < -0.39 is 0 Å². The Hall–Kier alpha value is -2.63. The van der Waals surface area contributed by atoms with E-state index in [-0.39, 0.29) is 5.91 Å². The first-order valence-corrected chi connectivity index (χ1v) is 9.00. The number of amides is 1. The molecule has 4 rings (SSSR count). The van der Waals surface area contributed by atoms with Crippen molar-refractivity contribution in [1.29, 1.82) is 0 Å². The molecule has 1 N–H and O–H groups in total. The van der Waals surface area contributed by atoms with Gasteiger partial charge in [0.1, 0.15) is 5.82 Å². The molecule has 2 aromatic heterocycles. The van der Waals surface area contributed by atoms with E-state index in [1.54, 1.807) is 28.3 Å². The fourth-order valence-electron chi connectivity index (χ4n) is 2.66. The second-order valence-electron chi connectivity index (χ2n) is 5.60. The Morgan fingerprint density at radius 3 is 2.76 bits per heavy atom. The number of hydrogen-bond acceptors (Lipinski definition) is 3. The van der Waals surface area contributed by atoms with Crippen LogP contribution < -0.4 is 5.32 Å². The van der Waals surface area contributed by atoms with Gasteiger partial charge in [-0.3, -0.25) is 4.79 Å². The summed E-state index contributed by atoms with van der Waals surface area (Å²) in [5.74, 6) is 0.533. The molecule has 0 aliphatic heterocycles. The van der Waals surface area contributed by atoms with Gasteiger partial charge in [-0.2, -0.15) is 5.10 Å². The van der Waals surface area contributed by atoms with Gasteiger partial charge in [-0.25, -0.2) is 4.68 Å². The van der Waals surface area contributed by atoms with Gasteiger partial charge in [0.15, 0.2) is 0 Å². The number of anilines is 1. The Morgan fingerprint density at radius 1 is 1.12 bits per heavy atom. The predicted molar refractivity (Wildman–Crippen MR) is 103 cm³/mol. The highest BCUT2D eigenvalue weighted by Crippen LogP contribution is 2.26. The number of nitrogens with one attached hydrogen (secondary N) is 1. The van der Waals surface area contributed by atoms with Gasteiger partial charge in [0.2, 0.25) is 0 Å². The van der Waals surface area contributed by atoms with Crippen LogP contribution in [0.3, 0.4) is 0 Å². The summed E-state index contributed by atoms with van der Waals surface area (Å²) in [5, 5.41) is 10.8. The molecule has 2 aromatic carbocycles. The van der Waals surface area contributed by atoms with Crippen LogP contribution in [0.15, 0.2) is 66.2 Å². The largest absolute Gasteiger partial charge is 0.307 e. The highest BCUT2D eigenvalue weighted by atomic mass is 35.5. The Morgan fingerprint density at radius 2 is 1.92 bits per heavy atom. The van der Waals surface area contributed by atoms with Crippen molar-refractivity contribution in [3.05, 3.63) is 82.3 Å². The molecule has 2 heterocycles. The normalized spacial score (nSPS) is 10.9. The third-order valence-electron chi connectivity index (χ3n) is 3.93. The standard InChI is InChI=1S/C19H14ClN3OS/c20-14-7-5-13(6-8-14)11-23-18(9-10-21-23)22-19(24)16-12-25-17-4-2-1-3-15(16)17/h1-10,12H,11H2,(H,22,24). The number of carbonyl (C=O) groups is 1. The van der Waals surface area contributed by atoms with Crippen LogP contribution in [0.2, 0.25) is 5.02 Å². The van der Waals surface area contributed by atoms with Gasteiger partial charge in [0.05, 0.1) is 18.3 Å². The zero-order chi connectivity index (χ0) is 17.2. The van der Waals surface area contributed by atoms with E-state index in [0.29, 0.717) is 22.9 Å². The van der Waals surface area contributed by atoms with Gasteiger partial charge in [0.25, 0.3) is 5.91 Å². The Bertz CT molecular complexity index is 1040. The molecular weight excluding hydrogens is 354 g/mol. The quantitative estimate of drug-likeness (QED) is 0.548. The Labute approximate surface area is 153 Å². The number of fused-ring (bicyclic) bond motifs is 1. The lowest BCUT2D eigenvalue weighted by Crippen LogP contribution is -2.15. The monoisotopic (exact) mass is 367 g/mol. The second kappa shape index (κ2) is 6.70. The van der Waals surface area contributed by atoms with Crippen molar-refractivity contribution < 1.29 is 4.79 Å². The number of halogens is 1. The SMILES string of the molecule is O=C(Nc1ccnn1Cc1ccc(Cl)cc1)c1csc2ccccc12. The molecule has 0 bridgehead atoms. The van der Waals surface area contributed by atoms with Gasteiger partial charge in [-0.15, -0.1) is 11.3 Å². The minimum atomic E-state index is -0.129. The van der Waals surface area contributed by atoms with E-state index in [1.807, 2.05) is 53.9 Å². The highest BCUT2D eigenvalue weighted by Gasteiger charge is 2.14. The van der Waals surface area contributed by atoms with E-state index in [1.165, 1.54) is 0 Å². The number of aromatic nitrogens is 2. The topological polar surface area (TPSA) is 46.9 Å². The average molecular weight is 368 g/mol. The molecule has 124 valence electrons. The van der Waals surface area contributed by atoms with E-state index in [9.17, 15) is 4.79 Å². The van der Waals surface area contributed by atoms with Crippen LogP contribution in [0.4, 0.5) is 5.82 Å². The highest BCUT2D eigenvalue weighted by molar-refractivity contribution is 7.17. The third kappa shape index (κ3) is 3.29. The first kappa shape index (κ1) is 15.9. The molecule has 1 amide bonds. The third-order valence-corrected chi connectivity index (χ3v) is 5.14. The van der Waals surface area contributed by atoms with E-state index >= 15 is 0 Å². The van der Waals surface area contributed by atoms with Crippen LogP contribution in [0, 0.1) is 0 Å². The molecule has 0 aliphatic carbocycles. The average Bonchev–Trinajstić information content (AvgIpc) is 3.24. The molecule has 0 saturated carbocycles. The van der Waals surface area contributed by atoms with Crippen LogP contribution in [-0.4, -0.2) is 15.7 Å². The minimum Gasteiger partial charge on any atom is -0.307 e. The van der Waals surface area contributed by atoms with Crippen molar-refractivity contribution in [3.63, 3.8) is 0 Å². The summed E-state index contributed by atoms with van der Waals surface area (Å²) in [6.45, 7) is 0.560. The van der Waals surface area contributed by atoms with E-state index in [2.05, 4.69) is 10.4 Å². The predicted octanol–water partition coefficient (Wildman–Crippen LogP) is 5.05. The molecule has 0 fully saturated rings. The Kier molecular flexibility index (Phi) is 4.26. The van der Waals surface area contributed by atoms with Gasteiger partial charge < -0.3 is 5.32 Å². The summed E-state index contributed by atoms with van der Waals surface area (Å²) in [4.78, 5) is 12.7. The molecule has 0 unspecified atom stereocenters. The van der Waals surface area contributed by atoms with Gasteiger partial charge >= 0.3 is 0 Å². The molecular formula is C19H14ClN3OS. The van der Waals surface area contributed by atoms with Crippen LogP contribution in [0.1, 0.15) is 15.9 Å². The smallest absolute Gasteiger partial charge is 0.258 e. The van der Waals surface area contributed by atoms with Crippen molar-refractivity contribution in [2.75, 3.05) is 5.32 Å². The van der Waals surface area contributed by atoms with Gasteiger partial charge in [0, 0.05) is 26.6 Å². The van der Waals surface area contributed by atoms with Crippen molar-refractivity contribution in [2.45, 2.75) is 6.54 Å². The first-order chi connectivity index (χ1) is 12.2. The fourth-order valence-corrected chi connectivity index (χ4v) is 3.73. The second-order valence-corrected chi connectivity index (χ2v) is 6.95. The van der Waals surface area contributed by atoms with E-state index in [4.69, 9.17) is 11.6 Å². The summed E-state index contributed by atoms with van der Waals surface area (Å²) in [6, 6.07) is 17.3. The molecule has 0 saturated heterocycles. The molecule has 4 nitrogen and oxygen atoms in total. The summed E-state index contributed by atoms with van der Waals surface area (Å²) in [5.41, 5.74) is 1.74. The van der Waals surface area contributed by atoms with Gasteiger partial charge in [-0.1, -0.05) is 41.9 Å². The van der Waals surface area contributed by atoms with Crippen LogP contribution in [0.5, 0.6) is 0 Å². The molecule has 25 heavy (non-hydrogen) atoms. The van der Waals surface area contributed by atoms with Crippen LogP contribution >= 0.6 is 22.9 Å².